The van der Waals surface area contributed by atoms with Crippen molar-refractivity contribution in [2.24, 2.45) is 0 Å². The summed E-state index contributed by atoms with van der Waals surface area (Å²) < 4.78 is 26.6. The summed E-state index contributed by atoms with van der Waals surface area (Å²) in [5.74, 6) is -1.04. The molecule has 0 atom stereocenters. The van der Waals surface area contributed by atoms with Gasteiger partial charge in [-0.15, -0.1) is 0 Å². The van der Waals surface area contributed by atoms with Crippen molar-refractivity contribution in [3.63, 3.8) is 0 Å². The number of carbonyl (C=O) groups excluding carboxylic acids is 1. The first-order chi connectivity index (χ1) is 7.91. The van der Waals surface area contributed by atoms with Crippen LogP contribution >= 0.6 is 0 Å². The summed E-state index contributed by atoms with van der Waals surface area (Å²) in [5, 5.41) is 2.70. The van der Waals surface area contributed by atoms with Crippen LogP contribution in [0.4, 0.5) is 14.5 Å². The maximum atomic E-state index is 13.4. The third-order valence-corrected chi connectivity index (χ3v) is 2.40. The van der Waals surface area contributed by atoms with Crippen molar-refractivity contribution >= 4 is 11.6 Å². The molecule has 0 unspecified atom stereocenters. The van der Waals surface area contributed by atoms with Crippen molar-refractivity contribution in [1.82, 2.24) is 4.90 Å². The molecule has 0 heterocycles. The molecule has 0 aliphatic heterocycles. The fourth-order valence-electron chi connectivity index (χ4n) is 1.31. The van der Waals surface area contributed by atoms with Gasteiger partial charge in [0.15, 0.2) is 0 Å². The molecule has 0 aliphatic carbocycles. The van der Waals surface area contributed by atoms with Crippen LogP contribution in [0.15, 0.2) is 12.1 Å². The van der Waals surface area contributed by atoms with E-state index in [1.54, 1.807) is 14.1 Å². The SMILES string of the molecule is Cc1cc(F)c(NCCC(=O)N(C)C)cc1F. The van der Waals surface area contributed by atoms with E-state index in [0.29, 0.717) is 0 Å². The highest BCUT2D eigenvalue weighted by molar-refractivity contribution is 5.76. The van der Waals surface area contributed by atoms with Crippen molar-refractivity contribution in [2.45, 2.75) is 13.3 Å². The van der Waals surface area contributed by atoms with Gasteiger partial charge < -0.3 is 10.2 Å². The van der Waals surface area contributed by atoms with Gasteiger partial charge in [-0.1, -0.05) is 0 Å². The Kier molecular flexibility index (Phi) is 4.43. The molecule has 17 heavy (non-hydrogen) atoms. The largest absolute Gasteiger partial charge is 0.382 e. The topological polar surface area (TPSA) is 32.3 Å². The van der Waals surface area contributed by atoms with Crippen LogP contribution in [0.25, 0.3) is 0 Å². The summed E-state index contributed by atoms with van der Waals surface area (Å²) in [7, 11) is 3.29. The van der Waals surface area contributed by atoms with E-state index in [1.807, 2.05) is 0 Å². The maximum Gasteiger partial charge on any atom is 0.223 e. The second kappa shape index (κ2) is 5.61. The number of benzene rings is 1. The number of nitrogens with one attached hydrogen (secondary N) is 1. The molecular formula is C12H16F2N2O. The van der Waals surface area contributed by atoms with Gasteiger partial charge in [0.1, 0.15) is 11.6 Å². The van der Waals surface area contributed by atoms with Crippen molar-refractivity contribution in [3.05, 3.63) is 29.3 Å². The Hall–Kier alpha value is -1.65. The molecule has 0 radical (unpaired) electrons. The molecule has 94 valence electrons. The van der Waals surface area contributed by atoms with Crippen LogP contribution in [0.2, 0.25) is 0 Å². The quantitative estimate of drug-likeness (QED) is 0.877. The third-order valence-electron chi connectivity index (χ3n) is 2.40. The first-order valence-corrected chi connectivity index (χ1v) is 5.31. The highest BCUT2D eigenvalue weighted by atomic mass is 19.1. The van der Waals surface area contributed by atoms with Crippen molar-refractivity contribution < 1.29 is 13.6 Å². The molecular weight excluding hydrogens is 226 g/mol. The average Bonchev–Trinajstić information content (AvgIpc) is 2.25. The summed E-state index contributed by atoms with van der Waals surface area (Å²) in [6, 6.07) is 2.23. The molecule has 0 aliphatic rings. The fourth-order valence-corrected chi connectivity index (χ4v) is 1.31. The average molecular weight is 242 g/mol. The summed E-state index contributed by atoms with van der Waals surface area (Å²) in [6.07, 6.45) is 0.238. The zero-order valence-corrected chi connectivity index (χ0v) is 10.2. The van der Waals surface area contributed by atoms with E-state index in [0.717, 1.165) is 12.1 Å². The standard InChI is InChI=1S/C12H16F2N2O/c1-8-6-10(14)11(7-9(8)13)15-5-4-12(17)16(2)3/h6-7,15H,4-5H2,1-3H3. The second-order valence-corrected chi connectivity index (χ2v) is 4.05. The van der Waals surface area contributed by atoms with Crippen molar-refractivity contribution in [3.8, 4) is 0 Å². The zero-order valence-electron chi connectivity index (χ0n) is 10.2. The third kappa shape index (κ3) is 3.69. The predicted molar refractivity (Wildman–Crippen MR) is 62.9 cm³/mol. The van der Waals surface area contributed by atoms with Crippen LogP contribution in [-0.2, 0) is 4.79 Å². The lowest BCUT2D eigenvalue weighted by Crippen LogP contribution is -2.24. The zero-order chi connectivity index (χ0) is 13.0. The molecule has 1 aromatic rings. The summed E-state index contributed by atoms with van der Waals surface area (Å²) >= 11 is 0. The van der Waals surface area contributed by atoms with Gasteiger partial charge in [0, 0.05) is 33.1 Å². The van der Waals surface area contributed by atoms with Gasteiger partial charge in [0.25, 0.3) is 0 Å². The van der Waals surface area contributed by atoms with Crippen LogP contribution in [0.5, 0.6) is 0 Å². The normalized spacial score (nSPS) is 10.2. The van der Waals surface area contributed by atoms with Crippen LogP contribution in [0, 0.1) is 18.6 Å². The Bertz CT molecular complexity index is 419. The van der Waals surface area contributed by atoms with Crippen molar-refractivity contribution in [2.75, 3.05) is 26.0 Å². The summed E-state index contributed by atoms with van der Waals surface area (Å²) in [6.45, 7) is 1.77. The molecule has 1 amide bonds. The Morgan fingerprint density at radius 1 is 1.29 bits per heavy atom. The van der Waals surface area contributed by atoms with Gasteiger partial charge in [-0.05, 0) is 18.6 Å². The van der Waals surface area contributed by atoms with E-state index in [4.69, 9.17) is 0 Å². The predicted octanol–water partition coefficient (Wildman–Crippen LogP) is 2.16. The molecule has 5 heteroatoms. The Morgan fingerprint density at radius 2 is 1.94 bits per heavy atom. The summed E-state index contributed by atoms with van der Waals surface area (Å²) in [4.78, 5) is 12.7. The molecule has 0 aromatic heterocycles. The number of carbonyl (C=O) groups is 1. The highest BCUT2D eigenvalue weighted by Gasteiger charge is 2.08. The van der Waals surface area contributed by atoms with Crippen LogP contribution in [0.3, 0.4) is 0 Å². The van der Waals surface area contributed by atoms with E-state index < -0.39 is 11.6 Å². The van der Waals surface area contributed by atoms with E-state index >= 15 is 0 Å². The van der Waals surface area contributed by atoms with E-state index in [-0.39, 0.29) is 30.1 Å². The number of hydrogen-bond acceptors (Lipinski definition) is 2. The minimum Gasteiger partial charge on any atom is -0.382 e. The Balaban J connectivity index is 2.58. The maximum absolute atomic E-state index is 13.4. The number of aryl methyl sites for hydroxylation is 1. The first-order valence-electron chi connectivity index (χ1n) is 5.31. The number of halogens is 2. The van der Waals surface area contributed by atoms with E-state index in [9.17, 15) is 13.6 Å². The molecule has 0 spiro atoms. The number of anilines is 1. The van der Waals surface area contributed by atoms with E-state index in [1.165, 1.54) is 11.8 Å². The van der Waals surface area contributed by atoms with Gasteiger partial charge in [0.2, 0.25) is 5.91 Å². The van der Waals surface area contributed by atoms with Crippen LogP contribution in [0.1, 0.15) is 12.0 Å². The molecule has 0 saturated heterocycles. The second-order valence-electron chi connectivity index (χ2n) is 4.05. The van der Waals surface area contributed by atoms with Gasteiger partial charge >= 0.3 is 0 Å². The molecule has 0 saturated carbocycles. The lowest BCUT2D eigenvalue weighted by Gasteiger charge is -2.12. The fraction of sp³-hybridized carbons (Fsp3) is 0.417. The first kappa shape index (κ1) is 13.4. The van der Waals surface area contributed by atoms with Crippen molar-refractivity contribution in [1.29, 1.82) is 0 Å². The van der Waals surface area contributed by atoms with E-state index in [2.05, 4.69) is 5.32 Å². The van der Waals surface area contributed by atoms with Crippen LogP contribution in [-0.4, -0.2) is 31.4 Å². The lowest BCUT2D eigenvalue weighted by atomic mass is 10.2. The Labute approximate surface area is 99.4 Å². The molecule has 0 bridgehead atoms. The lowest BCUT2D eigenvalue weighted by molar-refractivity contribution is -0.128. The number of nitrogens with zero attached hydrogens (tertiary/aromatic N) is 1. The van der Waals surface area contributed by atoms with Gasteiger partial charge in [-0.3, -0.25) is 4.79 Å². The Morgan fingerprint density at radius 3 is 2.53 bits per heavy atom. The molecule has 0 fully saturated rings. The number of hydrogen-bond donors (Lipinski definition) is 1. The number of rotatable bonds is 4. The van der Waals surface area contributed by atoms with Gasteiger partial charge in [-0.25, -0.2) is 8.78 Å². The minimum absolute atomic E-state index is 0.0644. The highest BCUT2D eigenvalue weighted by Crippen LogP contribution is 2.18. The molecule has 1 aromatic carbocycles. The van der Waals surface area contributed by atoms with Gasteiger partial charge in [-0.2, -0.15) is 0 Å². The minimum atomic E-state index is -0.513. The van der Waals surface area contributed by atoms with Crippen LogP contribution < -0.4 is 5.32 Å². The molecule has 3 nitrogen and oxygen atoms in total. The summed E-state index contributed by atoms with van der Waals surface area (Å²) in [5.41, 5.74) is 0.345. The number of amides is 1. The molecule has 1 rings (SSSR count). The smallest absolute Gasteiger partial charge is 0.223 e. The monoisotopic (exact) mass is 242 g/mol. The van der Waals surface area contributed by atoms with Gasteiger partial charge in [0.05, 0.1) is 5.69 Å². The molecule has 1 N–H and O–H groups in total.